The van der Waals surface area contributed by atoms with Gasteiger partial charge in [-0.15, -0.1) is 0 Å². The highest BCUT2D eigenvalue weighted by Gasteiger charge is 2.42. The molecule has 23 heavy (non-hydrogen) atoms. The van der Waals surface area contributed by atoms with E-state index in [1.165, 1.54) is 18.4 Å². The third-order valence-electron chi connectivity index (χ3n) is 5.21. The highest BCUT2D eigenvalue weighted by Crippen LogP contribution is 2.36. The quantitative estimate of drug-likeness (QED) is 0.844. The highest BCUT2D eigenvalue weighted by molar-refractivity contribution is 5.06. The largest absolute Gasteiger partial charge is 0.375 e. The second-order valence-electron chi connectivity index (χ2n) is 6.64. The maximum Gasteiger partial charge on any atom is 0.0776 e. The van der Waals surface area contributed by atoms with Crippen molar-refractivity contribution in [2.75, 3.05) is 13.2 Å². The molecule has 1 saturated carbocycles. The first kappa shape index (κ1) is 14.9. The van der Waals surface area contributed by atoms with Crippen LogP contribution in [0.25, 0.3) is 0 Å². The van der Waals surface area contributed by atoms with Crippen molar-refractivity contribution in [3.05, 3.63) is 36.4 Å². The zero-order chi connectivity index (χ0) is 15.6. The van der Waals surface area contributed by atoms with Crippen molar-refractivity contribution in [2.45, 2.75) is 51.5 Å². The van der Waals surface area contributed by atoms with Gasteiger partial charge in [-0.1, -0.05) is 0 Å². The van der Waals surface area contributed by atoms with E-state index in [4.69, 9.17) is 4.74 Å². The molecule has 124 valence electrons. The molecule has 4 rings (SSSR count). The fourth-order valence-corrected chi connectivity index (χ4v) is 4.07. The molecule has 0 spiro atoms. The molecule has 0 radical (unpaired) electrons. The van der Waals surface area contributed by atoms with Crippen LogP contribution in [0.1, 0.15) is 25.3 Å². The number of rotatable bonds is 5. The summed E-state index contributed by atoms with van der Waals surface area (Å²) in [4.78, 5) is 2.59. The first-order valence-corrected chi connectivity index (χ1v) is 8.68. The molecule has 0 N–H and O–H groups in total. The molecule has 1 aliphatic carbocycles. The van der Waals surface area contributed by atoms with Crippen molar-refractivity contribution in [2.24, 2.45) is 5.92 Å². The summed E-state index contributed by atoms with van der Waals surface area (Å²) >= 11 is 0. The monoisotopic (exact) mass is 315 g/mol. The van der Waals surface area contributed by atoms with Gasteiger partial charge in [-0.2, -0.15) is 10.2 Å². The first-order valence-electron chi connectivity index (χ1n) is 8.68. The van der Waals surface area contributed by atoms with Gasteiger partial charge in [0.05, 0.1) is 18.9 Å². The number of aromatic nitrogens is 4. The Bertz CT molecular complexity index is 623. The summed E-state index contributed by atoms with van der Waals surface area (Å²) in [5.41, 5.74) is 1.31. The van der Waals surface area contributed by atoms with E-state index in [9.17, 15) is 0 Å². The lowest BCUT2D eigenvalue weighted by molar-refractivity contribution is -0.0789. The van der Waals surface area contributed by atoms with Gasteiger partial charge in [0.15, 0.2) is 0 Å². The maximum atomic E-state index is 6.15. The van der Waals surface area contributed by atoms with Crippen LogP contribution in [0.3, 0.4) is 0 Å². The fourth-order valence-electron chi connectivity index (χ4n) is 4.07. The Kier molecular flexibility index (Phi) is 4.18. The molecule has 1 aliphatic heterocycles. The van der Waals surface area contributed by atoms with Crippen LogP contribution in [0.15, 0.2) is 30.9 Å². The van der Waals surface area contributed by atoms with Crippen LogP contribution in [-0.4, -0.2) is 49.8 Å². The molecule has 3 unspecified atom stereocenters. The zero-order valence-electron chi connectivity index (χ0n) is 13.7. The van der Waals surface area contributed by atoms with Crippen molar-refractivity contribution in [1.82, 2.24) is 24.5 Å². The van der Waals surface area contributed by atoms with E-state index >= 15 is 0 Å². The smallest absolute Gasteiger partial charge is 0.0776 e. The van der Waals surface area contributed by atoms with E-state index < -0.39 is 0 Å². The molecule has 0 aromatic carbocycles. The van der Waals surface area contributed by atoms with Crippen molar-refractivity contribution in [3.63, 3.8) is 0 Å². The van der Waals surface area contributed by atoms with Crippen molar-refractivity contribution < 1.29 is 4.74 Å². The molecule has 6 nitrogen and oxygen atoms in total. The zero-order valence-corrected chi connectivity index (χ0v) is 13.7. The van der Waals surface area contributed by atoms with Crippen LogP contribution >= 0.6 is 0 Å². The minimum absolute atomic E-state index is 0.342. The number of ether oxygens (including phenoxy) is 1. The third kappa shape index (κ3) is 3.05. The van der Waals surface area contributed by atoms with Crippen LogP contribution in [0.4, 0.5) is 0 Å². The Morgan fingerprint density at radius 1 is 1.26 bits per heavy atom. The Balaban J connectivity index is 1.42. The molecule has 1 saturated heterocycles. The summed E-state index contributed by atoms with van der Waals surface area (Å²) in [6, 6.07) is 2.53. The summed E-state index contributed by atoms with van der Waals surface area (Å²) in [6.45, 7) is 6.86. The maximum absolute atomic E-state index is 6.15. The van der Waals surface area contributed by atoms with Gasteiger partial charge in [-0.05, 0) is 25.8 Å². The van der Waals surface area contributed by atoms with Crippen molar-refractivity contribution in [3.8, 4) is 0 Å². The van der Waals surface area contributed by atoms with Crippen LogP contribution in [0, 0.1) is 5.92 Å². The molecular weight excluding hydrogens is 290 g/mol. The number of hydrogen-bond acceptors (Lipinski definition) is 4. The van der Waals surface area contributed by atoms with Crippen LogP contribution in [0.2, 0.25) is 0 Å². The number of fused-ring (bicyclic) bond motifs is 1. The van der Waals surface area contributed by atoms with Gasteiger partial charge >= 0.3 is 0 Å². The number of aryl methyl sites for hydroxylation is 1. The molecule has 0 amide bonds. The van der Waals surface area contributed by atoms with E-state index in [0.717, 1.165) is 32.8 Å². The lowest BCUT2D eigenvalue weighted by atomic mass is 10.0. The Morgan fingerprint density at radius 3 is 3.00 bits per heavy atom. The van der Waals surface area contributed by atoms with Gasteiger partial charge in [-0.25, -0.2) is 0 Å². The van der Waals surface area contributed by atoms with Gasteiger partial charge in [0.2, 0.25) is 0 Å². The second kappa shape index (κ2) is 6.45. The predicted octanol–water partition coefficient (Wildman–Crippen LogP) is 1.78. The fraction of sp³-hybridized carbons (Fsp3) is 0.647. The lowest BCUT2D eigenvalue weighted by Gasteiger charge is -2.39. The third-order valence-corrected chi connectivity index (χ3v) is 5.21. The first-order chi connectivity index (χ1) is 11.3. The molecule has 3 heterocycles. The molecular formula is C17H25N5O. The van der Waals surface area contributed by atoms with E-state index in [2.05, 4.69) is 28.2 Å². The summed E-state index contributed by atoms with van der Waals surface area (Å²) < 4.78 is 10.2. The SMILES string of the molecule is CCn1cc(CN2CCOC3C(Cn4cccn4)CCC32)cn1. The lowest BCUT2D eigenvalue weighted by Crippen LogP contribution is -2.50. The van der Waals surface area contributed by atoms with Crippen molar-refractivity contribution in [1.29, 1.82) is 0 Å². The second-order valence-corrected chi connectivity index (χ2v) is 6.64. The molecule has 0 bridgehead atoms. The van der Waals surface area contributed by atoms with Gasteiger partial charge in [0, 0.05) is 62.3 Å². The highest BCUT2D eigenvalue weighted by atomic mass is 16.5. The molecule has 2 aromatic rings. The number of hydrogen-bond donors (Lipinski definition) is 0. The topological polar surface area (TPSA) is 48.1 Å². The van der Waals surface area contributed by atoms with Gasteiger partial charge in [-0.3, -0.25) is 14.3 Å². The minimum Gasteiger partial charge on any atom is -0.375 e. The molecule has 2 fully saturated rings. The molecule has 2 aromatic heterocycles. The average molecular weight is 315 g/mol. The Morgan fingerprint density at radius 2 is 2.22 bits per heavy atom. The van der Waals surface area contributed by atoms with Crippen LogP contribution in [0.5, 0.6) is 0 Å². The summed E-state index contributed by atoms with van der Waals surface area (Å²) in [5, 5.41) is 8.75. The predicted molar refractivity (Wildman–Crippen MR) is 86.8 cm³/mol. The summed E-state index contributed by atoms with van der Waals surface area (Å²) in [6.07, 6.45) is 10.9. The molecule has 6 heteroatoms. The van der Waals surface area contributed by atoms with Crippen LogP contribution < -0.4 is 0 Å². The molecule has 2 aliphatic rings. The Hall–Kier alpha value is -1.66. The summed E-state index contributed by atoms with van der Waals surface area (Å²) in [7, 11) is 0. The standard InChI is InChI=1S/C17H25N5O/c1-2-21-12-14(10-19-21)11-20-8-9-23-17-15(4-5-16(17)20)13-22-7-3-6-18-22/h3,6-7,10,12,15-17H,2,4-5,8-9,11,13H2,1H3. The van der Waals surface area contributed by atoms with E-state index in [0.29, 0.717) is 18.1 Å². The number of nitrogens with zero attached hydrogens (tertiary/aromatic N) is 5. The normalized spacial score (nSPS) is 28.1. The summed E-state index contributed by atoms with van der Waals surface area (Å²) in [5.74, 6) is 0.570. The van der Waals surface area contributed by atoms with E-state index in [1.807, 2.05) is 34.0 Å². The average Bonchev–Trinajstić information content (AvgIpc) is 3.30. The number of morpholine rings is 1. The Labute approximate surface area is 137 Å². The van der Waals surface area contributed by atoms with Gasteiger partial charge < -0.3 is 4.74 Å². The molecule has 3 atom stereocenters. The van der Waals surface area contributed by atoms with Crippen molar-refractivity contribution >= 4 is 0 Å². The van der Waals surface area contributed by atoms with E-state index in [1.54, 1.807) is 0 Å². The van der Waals surface area contributed by atoms with Gasteiger partial charge in [0.1, 0.15) is 0 Å². The van der Waals surface area contributed by atoms with Crippen LogP contribution in [-0.2, 0) is 24.4 Å². The minimum atomic E-state index is 0.342. The van der Waals surface area contributed by atoms with Gasteiger partial charge in [0.25, 0.3) is 0 Å². The van der Waals surface area contributed by atoms with E-state index in [-0.39, 0.29) is 0 Å².